The van der Waals surface area contributed by atoms with Crippen molar-refractivity contribution in [2.45, 2.75) is 19.4 Å². The molecule has 1 fully saturated rings. The molecule has 128 valence electrons. The van der Waals surface area contributed by atoms with Crippen LogP contribution in [0.3, 0.4) is 0 Å². The van der Waals surface area contributed by atoms with Crippen LogP contribution in [0.2, 0.25) is 0 Å². The molecular weight excluding hydrogens is 318 g/mol. The third kappa shape index (κ3) is 2.98. The van der Waals surface area contributed by atoms with Crippen molar-refractivity contribution in [1.82, 2.24) is 25.3 Å². The van der Waals surface area contributed by atoms with Crippen LogP contribution in [0, 0.1) is 0 Å². The number of nitrogen functional groups attached to an aromatic ring is 1. The smallest absolute Gasteiger partial charge is 0.217 e. The predicted molar refractivity (Wildman–Crippen MR) is 96.0 cm³/mol. The van der Waals surface area contributed by atoms with Gasteiger partial charge >= 0.3 is 0 Å². The van der Waals surface area contributed by atoms with E-state index >= 15 is 0 Å². The predicted octanol–water partition coefficient (Wildman–Crippen LogP) is 1.32. The average molecular weight is 337 g/mol. The highest BCUT2D eigenvalue weighted by Gasteiger charge is 2.25. The Hall–Kier alpha value is -3.16. The molecule has 1 aliphatic rings. The van der Waals surface area contributed by atoms with E-state index in [1.807, 2.05) is 24.3 Å². The number of aromatic amines is 1. The number of nitrogens with two attached hydrogens (primary N) is 1. The van der Waals surface area contributed by atoms with Crippen LogP contribution >= 0.6 is 0 Å². The number of benzene rings is 1. The van der Waals surface area contributed by atoms with E-state index in [2.05, 4.69) is 30.2 Å². The molecule has 0 saturated carbocycles. The molecule has 0 spiro atoms. The number of nitrogens with zero attached hydrogens (tertiary/aromatic N) is 4. The van der Waals surface area contributed by atoms with Crippen LogP contribution in [0.25, 0.3) is 22.6 Å². The standard InChI is InChI=1S/C17H19N7O/c1-10(25)20-11-6-7-24(9-11)14-8-19-16(18)15(23-14)17-21-12-4-2-3-5-13(12)22-17/h2-5,8,11H,6-7,9H2,1H3,(H2,18,19)(H,20,25)(H,21,22). The van der Waals surface area contributed by atoms with Crippen LogP contribution in [-0.2, 0) is 4.79 Å². The van der Waals surface area contributed by atoms with Crippen molar-refractivity contribution in [3.8, 4) is 11.5 Å². The van der Waals surface area contributed by atoms with E-state index in [1.54, 1.807) is 6.20 Å². The van der Waals surface area contributed by atoms with Crippen molar-refractivity contribution in [3.05, 3.63) is 30.5 Å². The number of anilines is 2. The van der Waals surface area contributed by atoms with Gasteiger partial charge in [0.25, 0.3) is 0 Å². The Bertz CT molecular complexity index is 903. The number of H-pyrrole nitrogens is 1. The first-order valence-corrected chi connectivity index (χ1v) is 8.20. The number of nitrogens with one attached hydrogen (secondary N) is 2. The van der Waals surface area contributed by atoms with Gasteiger partial charge in [-0.3, -0.25) is 4.79 Å². The summed E-state index contributed by atoms with van der Waals surface area (Å²) >= 11 is 0. The number of hydrogen-bond acceptors (Lipinski definition) is 6. The van der Waals surface area contributed by atoms with Crippen LogP contribution in [0.4, 0.5) is 11.6 Å². The quantitative estimate of drug-likeness (QED) is 0.664. The summed E-state index contributed by atoms with van der Waals surface area (Å²) in [7, 11) is 0. The fraction of sp³-hybridized carbons (Fsp3) is 0.294. The molecule has 0 radical (unpaired) electrons. The summed E-state index contributed by atoms with van der Waals surface area (Å²) in [5.41, 5.74) is 8.35. The molecule has 8 heteroatoms. The van der Waals surface area contributed by atoms with Crippen molar-refractivity contribution in [2.75, 3.05) is 23.7 Å². The van der Waals surface area contributed by atoms with E-state index in [0.29, 0.717) is 23.9 Å². The first-order valence-electron chi connectivity index (χ1n) is 8.20. The van der Waals surface area contributed by atoms with E-state index < -0.39 is 0 Å². The first-order chi connectivity index (χ1) is 12.1. The largest absolute Gasteiger partial charge is 0.382 e. The Morgan fingerprint density at radius 1 is 1.36 bits per heavy atom. The Kier molecular flexibility index (Phi) is 3.72. The molecule has 2 aromatic heterocycles. The first kappa shape index (κ1) is 15.4. The molecule has 1 atom stereocenters. The van der Waals surface area contributed by atoms with Crippen molar-refractivity contribution in [2.24, 2.45) is 0 Å². The Balaban J connectivity index is 1.64. The van der Waals surface area contributed by atoms with E-state index in [-0.39, 0.29) is 11.9 Å². The topological polar surface area (TPSA) is 113 Å². The van der Waals surface area contributed by atoms with Crippen LogP contribution in [0.1, 0.15) is 13.3 Å². The molecule has 1 aliphatic heterocycles. The minimum Gasteiger partial charge on any atom is -0.382 e. The lowest BCUT2D eigenvalue weighted by Crippen LogP contribution is -2.35. The molecule has 0 aliphatic carbocycles. The van der Waals surface area contributed by atoms with E-state index in [1.165, 1.54) is 6.92 Å². The molecule has 1 amide bonds. The average Bonchev–Trinajstić information content (AvgIpc) is 3.21. The lowest BCUT2D eigenvalue weighted by Gasteiger charge is -2.18. The second kappa shape index (κ2) is 6.04. The number of imidazole rings is 1. The molecule has 4 N–H and O–H groups in total. The van der Waals surface area contributed by atoms with E-state index in [4.69, 9.17) is 5.73 Å². The third-order valence-electron chi connectivity index (χ3n) is 4.32. The summed E-state index contributed by atoms with van der Waals surface area (Å²) < 4.78 is 0. The van der Waals surface area contributed by atoms with Crippen molar-refractivity contribution in [1.29, 1.82) is 0 Å². The van der Waals surface area contributed by atoms with Gasteiger partial charge in [0.1, 0.15) is 5.82 Å². The zero-order valence-corrected chi connectivity index (χ0v) is 13.9. The highest BCUT2D eigenvalue weighted by molar-refractivity contribution is 5.80. The van der Waals surface area contributed by atoms with E-state index in [9.17, 15) is 4.79 Å². The summed E-state index contributed by atoms with van der Waals surface area (Å²) in [4.78, 5) is 30.1. The SMILES string of the molecule is CC(=O)NC1CCN(c2cnc(N)c(-c3nc4ccccc4[nH]3)n2)C1. The molecule has 25 heavy (non-hydrogen) atoms. The fourth-order valence-corrected chi connectivity index (χ4v) is 3.15. The van der Waals surface area contributed by atoms with Gasteiger partial charge in [-0.25, -0.2) is 15.0 Å². The molecule has 8 nitrogen and oxygen atoms in total. The van der Waals surface area contributed by atoms with Crippen molar-refractivity contribution < 1.29 is 4.79 Å². The van der Waals surface area contributed by atoms with Crippen LogP contribution in [0.5, 0.6) is 0 Å². The zero-order chi connectivity index (χ0) is 17.4. The van der Waals surface area contributed by atoms with Crippen molar-refractivity contribution >= 4 is 28.6 Å². The molecule has 1 saturated heterocycles. The molecule has 4 rings (SSSR count). The van der Waals surface area contributed by atoms with Gasteiger partial charge in [-0.1, -0.05) is 12.1 Å². The van der Waals surface area contributed by atoms with Gasteiger partial charge in [0.15, 0.2) is 17.3 Å². The zero-order valence-electron chi connectivity index (χ0n) is 13.9. The number of aromatic nitrogens is 4. The minimum absolute atomic E-state index is 0.0156. The van der Waals surface area contributed by atoms with E-state index in [0.717, 1.165) is 29.8 Å². The number of para-hydroxylation sites is 2. The number of fused-ring (bicyclic) bond motifs is 1. The van der Waals surface area contributed by atoms with Gasteiger partial charge in [-0.2, -0.15) is 0 Å². The molecule has 0 bridgehead atoms. The van der Waals surface area contributed by atoms with Gasteiger partial charge in [0.2, 0.25) is 5.91 Å². The molecule has 1 aromatic carbocycles. The van der Waals surface area contributed by atoms with Crippen molar-refractivity contribution in [3.63, 3.8) is 0 Å². The molecule has 3 aromatic rings. The highest BCUT2D eigenvalue weighted by Crippen LogP contribution is 2.26. The molecule has 3 heterocycles. The lowest BCUT2D eigenvalue weighted by atomic mass is 10.3. The second-order valence-corrected chi connectivity index (χ2v) is 6.20. The number of rotatable bonds is 3. The molecule has 1 unspecified atom stereocenters. The minimum atomic E-state index is -0.0156. The van der Waals surface area contributed by atoms with Gasteiger partial charge in [0, 0.05) is 26.1 Å². The maximum atomic E-state index is 11.2. The second-order valence-electron chi connectivity index (χ2n) is 6.20. The fourth-order valence-electron chi connectivity index (χ4n) is 3.15. The van der Waals surface area contributed by atoms with Gasteiger partial charge in [0.05, 0.1) is 17.2 Å². The monoisotopic (exact) mass is 337 g/mol. The Morgan fingerprint density at radius 3 is 3.00 bits per heavy atom. The van der Waals surface area contributed by atoms with Crippen LogP contribution in [-0.4, -0.2) is 45.0 Å². The Morgan fingerprint density at radius 2 is 2.20 bits per heavy atom. The summed E-state index contributed by atoms with van der Waals surface area (Å²) in [5.74, 6) is 1.65. The number of carbonyl (C=O) groups excluding carboxylic acids is 1. The van der Waals surface area contributed by atoms with Gasteiger partial charge < -0.3 is 20.9 Å². The number of carbonyl (C=O) groups is 1. The van der Waals surface area contributed by atoms with Crippen LogP contribution in [0.15, 0.2) is 30.5 Å². The van der Waals surface area contributed by atoms with Crippen LogP contribution < -0.4 is 16.0 Å². The molecular formula is C17H19N7O. The highest BCUT2D eigenvalue weighted by atomic mass is 16.1. The summed E-state index contributed by atoms with van der Waals surface area (Å²) in [6.45, 7) is 3.05. The number of amides is 1. The Labute approximate surface area is 144 Å². The lowest BCUT2D eigenvalue weighted by molar-refractivity contribution is -0.119. The normalized spacial score (nSPS) is 17.2. The maximum Gasteiger partial charge on any atom is 0.217 e. The third-order valence-corrected chi connectivity index (χ3v) is 4.32. The maximum absolute atomic E-state index is 11.2. The number of hydrogen-bond donors (Lipinski definition) is 3. The summed E-state index contributed by atoms with van der Waals surface area (Å²) in [6.07, 6.45) is 2.54. The van der Waals surface area contributed by atoms with Gasteiger partial charge in [-0.15, -0.1) is 0 Å². The van der Waals surface area contributed by atoms with Gasteiger partial charge in [-0.05, 0) is 18.6 Å². The summed E-state index contributed by atoms with van der Waals surface area (Å²) in [6, 6.07) is 7.90. The summed E-state index contributed by atoms with van der Waals surface area (Å²) in [5, 5.41) is 2.94.